The van der Waals surface area contributed by atoms with Crippen LogP contribution in [0.25, 0.3) is 0 Å². The zero-order valence-corrected chi connectivity index (χ0v) is 22.4. The number of anilines is 1. The van der Waals surface area contributed by atoms with Gasteiger partial charge in [-0.2, -0.15) is 11.8 Å². The van der Waals surface area contributed by atoms with Gasteiger partial charge in [-0.25, -0.2) is 4.98 Å². The summed E-state index contributed by atoms with van der Waals surface area (Å²) in [5.74, 6) is 2.00. The molecule has 0 radical (unpaired) electrons. The van der Waals surface area contributed by atoms with Crippen molar-refractivity contribution in [2.75, 3.05) is 29.9 Å². The van der Waals surface area contributed by atoms with E-state index in [0.29, 0.717) is 10.0 Å². The van der Waals surface area contributed by atoms with E-state index in [4.69, 9.17) is 4.98 Å². The van der Waals surface area contributed by atoms with Gasteiger partial charge in [-0.05, 0) is 48.0 Å². The van der Waals surface area contributed by atoms with Gasteiger partial charge in [0, 0.05) is 41.3 Å². The Morgan fingerprint density at radius 2 is 2.09 bits per heavy atom. The van der Waals surface area contributed by atoms with Gasteiger partial charge in [0.05, 0.1) is 16.7 Å². The van der Waals surface area contributed by atoms with E-state index in [9.17, 15) is 14.7 Å². The van der Waals surface area contributed by atoms with E-state index in [1.54, 1.807) is 11.3 Å². The number of aliphatic hydroxyl groups is 1. The van der Waals surface area contributed by atoms with Gasteiger partial charge in [0.15, 0.2) is 5.13 Å². The van der Waals surface area contributed by atoms with Gasteiger partial charge in [0.1, 0.15) is 0 Å². The van der Waals surface area contributed by atoms with E-state index in [0.717, 1.165) is 49.6 Å². The number of hydrogen-bond acceptors (Lipinski definition) is 7. The first-order valence-corrected chi connectivity index (χ1v) is 15.0. The van der Waals surface area contributed by atoms with Crippen molar-refractivity contribution in [2.24, 2.45) is 23.2 Å². The first-order valence-electron chi connectivity index (χ1n) is 12.2. The normalized spacial score (nSPS) is 31.9. The van der Waals surface area contributed by atoms with Gasteiger partial charge in [-0.15, -0.1) is 22.7 Å². The van der Waals surface area contributed by atoms with Crippen LogP contribution in [-0.4, -0.2) is 57.5 Å². The Balaban J connectivity index is 1.34. The lowest BCUT2D eigenvalue weighted by atomic mass is 9.53. The van der Waals surface area contributed by atoms with Crippen molar-refractivity contribution in [3.8, 4) is 0 Å². The van der Waals surface area contributed by atoms with Gasteiger partial charge in [0.25, 0.3) is 5.91 Å². The van der Waals surface area contributed by atoms with Crippen LogP contribution in [0, 0.1) is 23.2 Å². The van der Waals surface area contributed by atoms with Crippen molar-refractivity contribution < 1.29 is 14.7 Å². The Bertz CT molecular complexity index is 1050. The number of thiazole rings is 1. The zero-order valence-electron chi connectivity index (χ0n) is 20.0. The molecule has 9 heteroatoms. The van der Waals surface area contributed by atoms with Crippen LogP contribution in [0.5, 0.6) is 0 Å². The lowest BCUT2D eigenvalue weighted by Gasteiger charge is -2.53. The molecule has 184 valence electrons. The minimum Gasteiger partial charge on any atom is -0.392 e. The summed E-state index contributed by atoms with van der Waals surface area (Å²) in [6, 6.07) is 3.68. The fourth-order valence-corrected chi connectivity index (χ4v) is 9.20. The molecule has 2 aromatic rings. The summed E-state index contributed by atoms with van der Waals surface area (Å²) in [7, 11) is 0. The van der Waals surface area contributed by atoms with Crippen LogP contribution >= 0.6 is 34.4 Å². The van der Waals surface area contributed by atoms with E-state index < -0.39 is 6.10 Å². The van der Waals surface area contributed by atoms with E-state index in [1.165, 1.54) is 16.2 Å². The molecule has 0 aromatic carbocycles. The first kappa shape index (κ1) is 24.3. The SMILES string of the molecule is CC(C(=O)N1CCSCC1)C1CCC2(C)Cc3sc(NC(=O)c4cccs4)nc3C(C)C2C1O. The molecule has 6 nitrogen and oxygen atoms in total. The Kier molecular flexibility index (Phi) is 6.83. The smallest absolute Gasteiger partial charge is 0.267 e. The fraction of sp³-hybridized carbons (Fsp3) is 0.640. The van der Waals surface area contributed by atoms with E-state index in [1.807, 2.05) is 41.1 Å². The number of thioether (sulfide) groups is 1. The minimum atomic E-state index is -0.536. The molecule has 6 unspecified atom stereocenters. The van der Waals surface area contributed by atoms with E-state index in [2.05, 4.69) is 19.2 Å². The number of nitrogens with zero attached hydrogens (tertiary/aromatic N) is 2. The Hall–Kier alpha value is -1.42. The van der Waals surface area contributed by atoms with Crippen LogP contribution < -0.4 is 5.32 Å². The van der Waals surface area contributed by atoms with Crippen molar-refractivity contribution in [1.82, 2.24) is 9.88 Å². The highest BCUT2D eigenvalue weighted by Crippen LogP contribution is 2.57. The third-order valence-electron chi connectivity index (χ3n) is 8.24. The number of hydrogen-bond donors (Lipinski definition) is 2. The molecule has 6 atom stereocenters. The molecule has 5 rings (SSSR count). The quantitative estimate of drug-likeness (QED) is 0.611. The summed E-state index contributed by atoms with van der Waals surface area (Å²) in [6.07, 6.45) is 2.18. The first-order chi connectivity index (χ1) is 16.3. The number of thiophene rings is 1. The molecule has 2 fully saturated rings. The van der Waals surface area contributed by atoms with Crippen LogP contribution in [-0.2, 0) is 11.2 Å². The third-order valence-corrected chi connectivity index (χ3v) is 11.0. The molecule has 0 spiro atoms. The van der Waals surface area contributed by atoms with Crippen molar-refractivity contribution in [3.63, 3.8) is 0 Å². The summed E-state index contributed by atoms with van der Waals surface area (Å²) >= 11 is 4.89. The molecule has 2 aliphatic carbocycles. The van der Waals surface area contributed by atoms with Crippen LogP contribution in [0.4, 0.5) is 5.13 Å². The summed E-state index contributed by atoms with van der Waals surface area (Å²) < 4.78 is 0. The molecule has 2 amide bonds. The van der Waals surface area contributed by atoms with Gasteiger partial charge in [-0.3, -0.25) is 14.9 Å². The number of carbonyl (C=O) groups excluding carboxylic acids is 2. The highest BCUT2D eigenvalue weighted by atomic mass is 32.2. The predicted molar refractivity (Wildman–Crippen MR) is 140 cm³/mol. The monoisotopic (exact) mass is 519 g/mol. The number of fused-ring (bicyclic) bond motifs is 2. The molecular weight excluding hydrogens is 486 g/mol. The third kappa shape index (κ3) is 4.33. The maximum Gasteiger partial charge on any atom is 0.267 e. The molecule has 2 N–H and O–H groups in total. The van der Waals surface area contributed by atoms with Crippen molar-refractivity contribution in [3.05, 3.63) is 33.0 Å². The van der Waals surface area contributed by atoms with Crippen LogP contribution in [0.2, 0.25) is 0 Å². The second-order valence-electron chi connectivity index (χ2n) is 10.3. The lowest BCUT2D eigenvalue weighted by Crippen LogP contribution is -2.54. The van der Waals surface area contributed by atoms with Crippen LogP contribution in [0.1, 0.15) is 59.8 Å². The predicted octanol–water partition coefficient (Wildman–Crippen LogP) is 4.72. The molecule has 34 heavy (non-hydrogen) atoms. The second-order valence-corrected chi connectivity index (χ2v) is 13.6. The van der Waals surface area contributed by atoms with Gasteiger partial charge < -0.3 is 10.0 Å². The Labute approximate surface area is 213 Å². The summed E-state index contributed by atoms with van der Waals surface area (Å²) in [4.78, 5) is 34.5. The minimum absolute atomic E-state index is 0.0270. The maximum absolute atomic E-state index is 13.2. The average Bonchev–Trinajstić information content (AvgIpc) is 3.49. The largest absolute Gasteiger partial charge is 0.392 e. The molecule has 1 aliphatic heterocycles. The molecule has 3 aliphatic rings. The number of aliphatic hydroxyl groups excluding tert-OH is 1. The van der Waals surface area contributed by atoms with Crippen LogP contribution in [0.3, 0.4) is 0 Å². The molecule has 1 saturated carbocycles. The summed E-state index contributed by atoms with van der Waals surface area (Å²) in [6.45, 7) is 8.09. The number of aromatic nitrogens is 1. The highest BCUT2D eigenvalue weighted by Gasteiger charge is 2.54. The van der Waals surface area contributed by atoms with E-state index >= 15 is 0 Å². The summed E-state index contributed by atoms with van der Waals surface area (Å²) in [5, 5.41) is 17.1. The Morgan fingerprint density at radius 1 is 1.32 bits per heavy atom. The molecule has 0 bridgehead atoms. The van der Waals surface area contributed by atoms with Gasteiger partial charge in [-0.1, -0.05) is 26.8 Å². The van der Waals surface area contributed by atoms with E-state index in [-0.39, 0.29) is 40.9 Å². The maximum atomic E-state index is 13.2. The zero-order chi connectivity index (χ0) is 24.0. The van der Waals surface area contributed by atoms with Crippen LogP contribution in [0.15, 0.2) is 17.5 Å². The number of rotatable bonds is 4. The molecule has 1 saturated heterocycles. The average molecular weight is 520 g/mol. The molecule has 3 heterocycles. The summed E-state index contributed by atoms with van der Waals surface area (Å²) in [5.41, 5.74) is 0.967. The van der Waals surface area contributed by atoms with Crippen molar-refractivity contribution in [2.45, 2.75) is 52.1 Å². The number of nitrogens with one attached hydrogen (secondary N) is 1. The lowest BCUT2D eigenvalue weighted by molar-refractivity contribution is -0.144. The Morgan fingerprint density at radius 3 is 2.79 bits per heavy atom. The van der Waals surface area contributed by atoms with Gasteiger partial charge in [0.2, 0.25) is 5.91 Å². The topological polar surface area (TPSA) is 82.5 Å². The van der Waals surface area contributed by atoms with Crippen molar-refractivity contribution in [1.29, 1.82) is 0 Å². The number of amides is 2. The second kappa shape index (κ2) is 9.56. The molecule has 2 aromatic heterocycles. The highest BCUT2D eigenvalue weighted by molar-refractivity contribution is 7.99. The standard InChI is InChI=1S/C25H33N3O3S3/c1-14(23(31)28-8-11-32-12-9-28)16-6-7-25(3)13-18-20(15(2)19(25)21(16)29)26-24(34-18)27-22(30)17-5-4-10-33-17/h4-5,10,14-16,19,21,29H,6-9,11-13H2,1-3H3,(H,26,27,30). The van der Waals surface area contributed by atoms with Gasteiger partial charge >= 0.3 is 0 Å². The fourth-order valence-electron chi connectivity index (χ4n) is 6.42. The molecular formula is C25H33N3O3S3. The van der Waals surface area contributed by atoms with Crippen molar-refractivity contribution >= 4 is 51.4 Å². The number of carbonyl (C=O) groups is 2.